The summed E-state index contributed by atoms with van der Waals surface area (Å²) in [5.41, 5.74) is 5.25. The Bertz CT molecular complexity index is 1400. The van der Waals surface area contributed by atoms with E-state index >= 15 is 0 Å². The minimum Gasteiger partial charge on any atom is -0.497 e. The van der Waals surface area contributed by atoms with Crippen molar-refractivity contribution in [2.75, 3.05) is 52.8 Å². The van der Waals surface area contributed by atoms with Gasteiger partial charge < -0.3 is 24.6 Å². The molecular formula is C30H36N6O3. The highest BCUT2D eigenvalue weighted by molar-refractivity contribution is 5.93. The molecule has 4 aromatic rings. The Kier molecular flexibility index (Phi) is 9.27. The molecular weight excluding hydrogens is 492 g/mol. The van der Waals surface area contributed by atoms with Gasteiger partial charge in [0.2, 0.25) is 0 Å². The average Bonchev–Trinajstić information content (AvgIpc) is 2.99. The van der Waals surface area contributed by atoms with Crippen molar-refractivity contribution in [3.63, 3.8) is 0 Å². The lowest BCUT2D eigenvalue weighted by molar-refractivity contribution is 0.0958. The maximum absolute atomic E-state index is 12.1. The SMILES string of the molecule is CCCCN(C)CCN(c1cc(OC)cc(OC)c1)c1ccc2ncc(-c3ccnc(C(=O)NC)c3)nc2c1. The lowest BCUT2D eigenvalue weighted by Gasteiger charge is -2.28. The second-order valence-corrected chi connectivity index (χ2v) is 9.32. The molecule has 0 spiro atoms. The molecule has 0 saturated heterocycles. The highest BCUT2D eigenvalue weighted by Gasteiger charge is 2.16. The van der Waals surface area contributed by atoms with Crippen LogP contribution in [0, 0.1) is 0 Å². The van der Waals surface area contributed by atoms with Crippen molar-refractivity contribution >= 4 is 28.3 Å². The van der Waals surface area contributed by atoms with Crippen LogP contribution in [0.1, 0.15) is 30.3 Å². The molecule has 0 saturated carbocycles. The Morgan fingerprint density at radius 3 is 2.36 bits per heavy atom. The number of nitrogens with one attached hydrogen (secondary N) is 1. The fourth-order valence-corrected chi connectivity index (χ4v) is 4.32. The number of rotatable bonds is 12. The first kappa shape index (κ1) is 27.8. The van der Waals surface area contributed by atoms with Gasteiger partial charge >= 0.3 is 0 Å². The third-order valence-corrected chi connectivity index (χ3v) is 6.60. The predicted octanol–water partition coefficient (Wildman–Crippen LogP) is 4.94. The standard InChI is InChI=1S/C30H36N6O3/c1-6-7-12-35(3)13-14-36(23-16-24(38-4)19-25(17-23)39-5)22-8-9-26-27(18-22)34-29(20-33-26)21-10-11-32-28(15-21)30(37)31-2/h8-11,15-20H,6-7,12-14H2,1-5H3,(H,31,37). The van der Waals surface area contributed by atoms with Crippen LogP contribution in [-0.4, -0.2) is 73.7 Å². The number of amides is 1. The zero-order valence-electron chi connectivity index (χ0n) is 23.3. The first-order chi connectivity index (χ1) is 18.9. The summed E-state index contributed by atoms with van der Waals surface area (Å²) in [4.78, 5) is 30.4. The predicted molar refractivity (Wildman–Crippen MR) is 155 cm³/mol. The number of unbranched alkanes of at least 4 members (excludes halogenated alkanes) is 1. The molecule has 1 amide bonds. The van der Waals surface area contributed by atoms with Gasteiger partial charge in [-0.2, -0.15) is 0 Å². The van der Waals surface area contributed by atoms with Crippen molar-refractivity contribution in [3.8, 4) is 22.8 Å². The van der Waals surface area contributed by atoms with Gasteiger partial charge in [-0.25, -0.2) is 4.98 Å². The molecule has 2 aromatic heterocycles. The molecule has 0 bridgehead atoms. The molecule has 0 unspecified atom stereocenters. The van der Waals surface area contributed by atoms with E-state index < -0.39 is 0 Å². The van der Waals surface area contributed by atoms with E-state index in [1.54, 1.807) is 39.7 Å². The largest absolute Gasteiger partial charge is 0.497 e. The Morgan fingerprint density at radius 2 is 1.67 bits per heavy atom. The summed E-state index contributed by atoms with van der Waals surface area (Å²) in [7, 11) is 7.05. The van der Waals surface area contributed by atoms with Crippen molar-refractivity contribution in [1.82, 2.24) is 25.2 Å². The van der Waals surface area contributed by atoms with E-state index in [4.69, 9.17) is 14.5 Å². The van der Waals surface area contributed by atoms with Gasteiger partial charge in [0.15, 0.2) is 0 Å². The Morgan fingerprint density at radius 1 is 0.897 bits per heavy atom. The lowest BCUT2D eigenvalue weighted by Crippen LogP contribution is -2.31. The number of carbonyl (C=O) groups is 1. The number of benzene rings is 2. The quantitative estimate of drug-likeness (QED) is 0.277. The summed E-state index contributed by atoms with van der Waals surface area (Å²) in [6.45, 7) is 4.89. The number of likely N-dealkylation sites (N-methyl/N-ethyl adjacent to an activating group) is 1. The third kappa shape index (κ3) is 6.80. The van der Waals surface area contributed by atoms with E-state index in [1.807, 2.05) is 36.4 Å². The van der Waals surface area contributed by atoms with Crippen molar-refractivity contribution in [3.05, 3.63) is 66.6 Å². The first-order valence-corrected chi connectivity index (χ1v) is 13.1. The van der Waals surface area contributed by atoms with Crippen molar-refractivity contribution < 1.29 is 14.3 Å². The van der Waals surface area contributed by atoms with Crippen LogP contribution >= 0.6 is 0 Å². The van der Waals surface area contributed by atoms with Crippen molar-refractivity contribution in [2.24, 2.45) is 0 Å². The van der Waals surface area contributed by atoms with Gasteiger partial charge in [0, 0.05) is 61.5 Å². The second-order valence-electron chi connectivity index (χ2n) is 9.32. The number of aromatic nitrogens is 3. The minimum absolute atomic E-state index is 0.249. The van der Waals surface area contributed by atoms with Crippen LogP contribution in [0.15, 0.2) is 60.9 Å². The van der Waals surface area contributed by atoms with Crippen LogP contribution in [0.2, 0.25) is 0 Å². The smallest absolute Gasteiger partial charge is 0.269 e. The molecule has 0 radical (unpaired) electrons. The molecule has 2 aromatic carbocycles. The lowest BCUT2D eigenvalue weighted by atomic mass is 10.1. The molecule has 0 aliphatic rings. The number of methoxy groups -OCH3 is 2. The number of pyridine rings is 1. The average molecular weight is 529 g/mol. The molecule has 0 aliphatic carbocycles. The number of fused-ring (bicyclic) bond motifs is 1. The number of nitrogens with zero attached hydrogens (tertiary/aromatic N) is 5. The van der Waals surface area contributed by atoms with Gasteiger partial charge in [0.05, 0.1) is 37.1 Å². The molecule has 0 fully saturated rings. The van der Waals surface area contributed by atoms with Crippen LogP contribution in [0.3, 0.4) is 0 Å². The molecule has 9 nitrogen and oxygen atoms in total. The summed E-state index contributed by atoms with van der Waals surface area (Å²) in [6, 6.07) is 15.5. The van der Waals surface area contributed by atoms with E-state index in [1.165, 1.54) is 0 Å². The first-order valence-electron chi connectivity index (χ1n) is 13.1. The summed E-state index contributed by atoms with van der Waals surface area (Å²) in [5, 5.41) is 2.61. The summed E-state index contributed by atoms with van der Waals surface area (Å²) < 4.78 is 11.1. The monoisotopic (exact) mass is 528 g/mol. The fraction of sp³-hybridized carbons (Fsp3) is 0.333. The van der Waals surface area contributed by atoms with Crippen molar-refractivity contribution in [2.45, 2.75) is 19.8 Å². The van der Waals surface area contributed by atoms with Crippen LogP contribution < -0.4 is 19.7 Å². The van der Waals surface area contributed by atoms with Crippen LogP contribution in [0.5, 0.6) is 11.5 Å². The number of hydrogen-bond donors (Lipinski definition) is 1. The molecule has 1 N–H and O–H groups in total. The third-order valence-electron chi connectivity index (χ3n) is 6.60. The molecule has 2 heterocycles. The Balaban J connectivity index is 1.74. The van der Waals surface area contributed by atoms with Crippen molar-refractivity contribution in [1.29, 1.82) is 0 Å². The number of hydrogen-bond acceptors (Lipinski definition) is 8. The van der Waals surface area contributed by atoms with Crippen LogP contribution in [0.25, 0.3) is 22.3 Å². The molecule has 204 valence electrons. The van der Waals surface area contributed by atoms with E-state index in [9.17, 15) is 4.79 Å². The summed E-state index contributed by atoms with van der Waals surface area (Å²) in [6.07, 6.45) is 5.65. The van der Waals surface area contributed by atoms with E-state index in [2.05, 4.69) is 45.1 Å². The topological polar surface area (TPSA) is 92.7 Å². The number of carbonyl (C=O) groups excluding carboxylic acids is 1. The maximum atomic E-state index is 12.1. The molecule has 0 aliphatic heterocycles. The van der Waals surface area contributed by atoms with Gasteiger partial charge in [-0.1, -0.05) is 13.3 Å². The second kappa shape index (κ2) is 13.0. The molecule has 0 atom stereocenters. The minimum atomic E-state index is -0.249. The van der Waals surface area contributed by atoms with E-state index in [0.717, 1.165) is 71.9 Å². The van der Waals surface area contributed by atoms with Gasteiger partial charge in [-0.15, -0.1) is 0 Å². The zero-order valence-corrected chi connectivity index (χ0v) is 23.3. The Labute approximate surface area is 229 Å². The number of ether oxygens (including phenoxy) is 2. The van der Waals surface area contributed by atoms with Gasteiger partial charge in [0.25, 0.3) is 5.91 Å². The van der Waals surface area contributed by atoms with E-state index in [0.29, 0.717) is 11.4 Å². The van der Waals surface area contributed by atoms with Gasteiger partial charge in [-0.05, 0) is 50.3 Å². The normalized spacial score (nSPS) is 11.0. The Hall–Kier alpha value is -4.24. The zero-order chi connectivity index (χ0) is 27.8. The van der Waals surface area contributed by atoms with Gasteiger partial charge in [-0.3, -0.25) is 14.8 Å². The van der Waals surface area contributed by atoms with Crippen LogP contribution in [0.4, 0.5) is 11.4 Å². The molecule has 39 heavy (non-hydrogen) atoms. The highest BCUT2D eigenvalue weighted by atomic mass is 16.5. The molecule has 9 heteroatoms. The number of anilines is 2. The van der Waals surface area contributed by atoms with Crippen LogP contribution in [-0.2, 0) is 0 Å². The van der Waals surface area contributed by atoms with Gasteiger partial charge in [0.1, 0.15) is 17.2 Å². The van der Waals surface area contributed by atoms with E-state index in [-0.39, 0.29) is 5.91 Å². The summed E-state index contributed by atoms with van der Waals surface area (Å²) >= 11 is 0. The molecule has 4 rings (SSSR count). The maximum Gasteiger partial charge on any atom is 0.269 e. The fourth-order valence-electron chi connectivity index (χ4n) is 4.32. The summed E-state index contributed by atoms with van der Waals surface area (Å²) in [5.74, 6) is 1.20. The highest BCUT2D eigenvalue weighted by Crippen LogP contribution is 2.34.